The van der Waals surface area contributed by atoms with Crippen molar-refractivity contribution in [2.24, 2.45) is 0 Å². The monoisotopic (exact) mass is 256 g/mol. The molecule has 1 rings (SSSR count). The first kappa shape index (κ1) is 14.1. The average molecular weight is 256 g/mol. The fourth-order valence-corrected chi connectivity index (χ4v) is 2.05. The third kappa shape index (κ3) is 4.40. The van der Waals surface area contributed by atoms with E-state index >= 15 is 0 Å². The standard InChI is InChI=1S/C13H17FO2S/c1-4-12(14)9-16-17(15)13-7-5-6-11(8-13)10(2)3/h4-8,10,12H,1,9H2,2-3H3. The highest BCUT2D eigenvalue weighted by Crippen LogP contribution is 2.18. The molecular formula is C13H17FO2S. The summed E-state index contributed by atoms with van der Waals surface area (Å²) in [4.78, 5) is 0.562. The lowest BCUT2D eigenvalue weighted by Gasteiger charge is -2.08. The highest BCUT2D eigenvalue weighted by molar-refractivity contribution is 7.80. The molecule has 1 aromatic rings. The van der Waals surface area contributed by atoms with Crippen LogP contribution in [0.4, 0.5) is 4.39 Å². The summed E-state index contributed by atoms with van der Waals surface area (Å²) in [5.41, 5.74) is 1.08. The summed E-state index contributed by atoms with van der Waals surface area (Å²) in [5, 5.41) is 0. The Morgan fingerprint density at radius 1 is 1.53 bits per heavy atom. The second-order valence-electron chi connectivity index (χ2n) is 4.00. The Morgan fingerprint density at radius 3 is 2.82 bits per heavy atom. The maximum Gasteiger partial charge on any atom is 0.189 e. The van der Waals surface area contributed by atoms with E-state index in [9.17, 15) is 8.60 Å². The van der Waals surface area contributed by atoms with Crippen molar-refractivity contribution in [1.82, 2.24) is 0 Å². The molecule has 0 radical (unpaired) electrons. The van der Waals surface area contributed by atoms with Gasteiger partial charge in [-0.2, -0.15) is 0 Å². The van der Waals surface area contributed by atoms with Crippen molar-refractivity contribution in [3.05, 3.63) is 42.5 Å². The minimum atomic E-state index is -1.62. The minimum absolute atomic E-state index is 0.234. The molecule has 0 saturated heterocycles. The van der Waals surface area contributed by atoms with Crippen LogP contribution in [0.3, 0.4) is 0 Å². The van der Waals surface area contributed by atoms with Gasteiger partial charge in [-0.3, -0.25) is 4.18 Å². The van der Waals surface area contributed by atoms with Crippen LogP contribution < -0.4 is 0 Å². The van der Waals surface area contributed by atoms with Crippen molar-refractivity contribution in [2.75, 3.05) is 6.61 Å². The van der Waals surface area contributed by atoms with Gasteiger partial charge in [0.25, 0.3) is 0 Å². The number of halogens is 1. The van der Waals surface area contributed by atoms with Crippen LogP contribution in [-0.4, -0.2) is 17.0 Å². The van der Waals surface area contributed by atoms with Crippen LogP contribution >= 0.6 is 0 Å². The molecule has 0 heterocycles. The molecule has 0 aliphatic carbocycles. The summed E-state index contributed by atoms with van der Waals surface area (Å²) in [5.74, 6) is 0.356. The average Bonchev–Trinajstić information content (AvgIpc) is 2.35. The smallest absolute Gasteiger partial charge is 0.189 e. The van der Waals surface area contributed by atoms with Gasteiger partial charge < -0.3 is 0 Å². The number of hydrogen-bond donors (Lipinski definition) is 0. The van der Waals surface area contributed by atoms with E-state index in [0.717, 1.165) is 11.6 Å². The lowest BCUT2D eigenvalue weighted by atomic mass is 10.0. The highest BCUT2D eigenvalue weighted by atomic mass is 32.2. The molecule has 1 aromatic carbocycles. The van der Waals surface area contributed by atoms with Crippen LogP contribution in [0, 0.1) is 0 Å². The fourth-order valence-electron chi connectivity index (χ4n) is 1.24. The van der Waals surface area contributed by atoms with Crippen LogP contribution in [0.5, 0.6) is 0 Å². The second-order valence-corrected chi connectivity index (χ2v) is 5.17. The number of alkyl halides is 1. The number of hydrogen-bond acceptors (Lipinski definition) is 2. The Labute approximate surface area is 104 Å². The molecule has 0 aromatic heterocycles. The van der Waals surface area contributed by atoms with Gasteiger partial charge in [-0.15, -0.1) is 6.58 Å². The van der Waals surface area contributed by atoms with E-state index in [4.69, 9.17) is 4.18 Å². The lowest BCUT2D eigenvalue weighted by Crippen LogP contribution is -2.09. The molecule has 17 heavy (non-hydrogen) atoms. The zero-order valence-electron chi connectivity index (χ0n) is 10.1. The van der Waals surface area contributed by atoms with Crippen LogP contribution in [-0.2, 0) is 15.3 Å². The fraction of sp³-hybridized carbons (Fsp3) is 0.385. The van der Waals surface area contributed by atoms with Gasteiger partial charge in [-0.05, 0) is 23.6 Å². The molecule has 0 N–H and O–H groups in total. The van der Waals surface area contributed by atoms with Crippen LogP contribution in [0.15, 0.2) is 41.8 Å². The largest absolute Gasteiger partial charge is 0.283 e. The van der Waals surface area contributed by atoms with Crippen LogP contribution in [0.2, 0.25) is 0 Å². The van der Waals surface area contributed by atoms with Gasteiger partial charge in [0.2, 0.25) is 0 Å². The van der Waals surface area contributed by atoms with Crippen molar-refractivity contribution >= 4 is 11.1 Å². The Hall–Kier alpha value is -1.00. The Morgan fingerprint density at radius 2 is 2.24 bits per heavy atom. The molecule has 2 unspecified atom stereocenters. The van der Waals surface area contributed by atoms with Gasteiger partial charge >= 0.3 is 0 Å². The minimum Gasteiger partial charge on any atom is -0.283 e. The third-order valence-electron chi connectivity index (χ3n) is 2.31. The number of benzene rings is 1. The molecule has 0 bridgehead atoms. The van der Waals surface area contributed by atoms with Gasteiger partial charge in [-0.25, -0.2) is 8.60 Å². The quantitative estimate of drug-likeness (QED) is 0.729. The Bertz CT molecular complexity index is 404. The van der Waals surface area contributed by atoms with Gasteiger partial charge in [0.1, 0.15) is 6.17 Å². The molecule has 0 spiro atoms. The van der Waals surface area contributed by atoms with E-state index in [1.165, 1.54) is 0 Å². The zero-order chi connectivity index (χ0) is 12.8. The van der Waals surface area contributed by atoms with Crippen molar-refractivity contribution < 1.29 is 12.8 Å². The summed E-state index contributed by atoms with van der Waals surface area (Å²) in [6, 6.07) is 7.32. The van der Waals surface area contributed by atoms with Crippen LogP contribution in [0.1, 0.15) is 25.3 Å². The van der Waals surface area contributed by atoms with Gasteiger partial charge in [-0.1, -0.05) is 32.1 Å². The first-order valence-electron chi connectivity index (χ1n) is 5.46. The summed E-state index contributed by atoms with van der Waals surface area (Å²) in [6.07, 6.45) is -0.158. The normalized spacial score (nSPS) is 14.6. The first-order valence-corrected chi connectivity index (χ1v) is 6.53. The molecule has 0 fully saturated rings. The zero-order valence-corrected chi connectivity index (χ0v) is 10.9. The SMILES string of the molecule is C=CC(F)COS(=O)c1cccc(C(C)C)c1. The second kappa shape index (κ2) is 6.67. The molecule has 0 aliphatic rings. The van der Waals surface area contributed by atoms with Crippen LogP contribution in [0.25, 0.3) is 0 Å². The third-order valence-corrected chi connectivity index (χ3v) is 3.30. The summed E-state index contributed by atoms with van der Waals surface area (Å²) >= 11 is -1.62. The summed E-state index contributed by atoms with van der Waals surface area (Å²) < 4.78 is 29.5. The summed E-state index contributed by atoms with van der Waals surface area (Å²) in [7, 11) is 0. The maximum atomic E-state index is 12.8. The molecular weight excluding hydrogens is 239 g/mol. The van der Waals surface area contributed by atoms with Crippen molar-refractivity contribution in [3.63, 3.8) is 0 Å². The first-order chi connectivity index (χ1) is 8.04. The Kier molecular flexibility index (Phi) is 5.51. The molecule has 0 amide bonds. The molecule has 4 heteroatoms. The van der Waals surface area contributed by atoms with E-state index in [1.54, 1.807) is 6.07 Å². The van der Waals surface area contributed by atoms with E-state index in [-0.39, 0.29) is 6.61 Å². The molecule has 0 aliphatic heterocycles. The van der Waals surface area contributed by atoms with E-state index in [1.807, 2.05) is 18.2 Å². The topological polar surface area (TPSA) is 26.3 Å². The lowest BCUT2D eigenvalue weighted by molar-refractivity contribution is 0.247. The van der Waals surface area contributed by atoms with E-state index in [2.05, 4.69) is 20.4 Å². The van der Waals surface area contributed by atoms with Crippen molar-refractivity contribution in [3.8, 4) is 0 Å². The number of rotatable bonds is 6. The Balaban J connectivity index is 2.69. The summed E-state index contributed by atoms with van der Waals surface area (Å²) in [6.45, 7) is 7.17. The van der Waals surface area contributed by atoms with Gasteiger partial charge in [0.05, 0.1) is 11.5 Å². The van der Waals surface area contributed by atoms with Crippen molar-refractivity contribution in [1.29, 1.82) is 0 Å². The molecule has 94 valence electrons. The van der Waals surface area contributed by atoms with E-state index in [0.29, 0.717) is 10.8 Å². The maximum absolute atomic E-state index is 12.8. The van der Waals surface area contributed by atoms with E-state index < -0.39 is 17.3 Å². The molecule has 2 atom stereocenters. The molecule has 0 saturated carbocycles. The predicted molar refractivity (Wildman–Crippen MR) is 68.0 cm³/mol. The molecule has 2 nitrogen and oxygen atoms in total. The van der Waals surface area contributed by atoms with Crippen molar-refractivity contribution in [2.45, 2.75) is 30.8 Å². The highest BCUT2D eigenvalue weighted by Gasteiger charge is 2.09. The predicted octanol–water partition coefficient (Wildman–Crippen LogP) is 3.37. The van der Waals surface area contributed by atoms with Gasteiger partial charge in [0, 0.05) is 0 Å². The van der Waals surface area contributed by atoms with Gasteiger partial charge in [0.15, 0.2) is 11.1 Å².